The standard InChI is InChI=1S/C20H28N4O6S/c1-6-29-16-7-9-17(10-8-16)31(27,28)21-12-11-18(25)30-15(4)20(26)22-19-13(2)23-24(5)14(19)3/h7-10,15,21H,6,11-12H2,1-5H3,(H,22,26). The van der Waals surface area contributed by atoms with E-state index in [1.807, 2.05) is 13.8 Å². The fourth-order valence-electron chi connectivity index (χ4n) is 2.74. The van der Waals surface area contributed by atoms with Gasteiger partial charge in [-0.1, -0.05) is 0 Å². The predicted molar refractivity (Wildman–Crippen MR) is 114 cm³/mol. The minimum absolute atomic E-state index is 0.0549. The Morgan fingerprint density at radius 2 is 1.84 bits per heavy atom. The number of hydrogen-bond donors (Lipinski definition) is 2. The lowest BCUT2D eigenvalue weighted by molar-refractivity contribution is -0.152. The van der Waals surface area contributed by atoms with Gasteiger partial charge in [-0.25, -0.2) is 13.1 Å². The summed E-state index contributed by atoms with van der Waals surface area (Å²) >= 11 is 0. The lowest BCUT2D eigenvalue weighted by Crippen LogP contribution is -2.32. The van der Waals surface area contributed by atoms with E-state index in [-0.39, 0.29) is 17.9 Å². The van der Waals surface area contributed by atoms with Crippen LogP contribution in [0.5, 0.6) is 5.75 Å². The van der Waals surface area contributed by atoms with Gasteiger partial charge in [0.2, 0.25) is 10.0 Å². The zero-order valence-electron chi connectivity index (χ0n) is 18.3. The van der Waals surface area contributed by atoms with E-state index in [1.165, 1.54) is 19.1 Å². The maximum Gasteiger partial charge on any atom is 0.307 e. The van der Waals surface area contributed by atoms with E-state index in [9.17, 15) is 18.0 Å². The van der Waals surface area contributed by atoms with Crippen molar-refractivity contribution < 1.29 is 27.5 Å². The van der Waals surface area contributed by atoms with Crippen LogP contribution in [0.1, 0.15) is 31.7 Å². The van der Waals surface area contributed by atoms with Gasteiger partial charge >= 0.3 is 5.97 Å². The van der Waals surface area contributed by atoms with Crippen molar-refractivity contribution in [1.29, 1.82) is 0 Å². The number of carbonyl (C=O) groups is 2. The Hall–Kier alpha value is -2.92. The summed E-state index contributed by atoms with van der Waals surface area (Å²) < 4.78 is 39.0. The van der Waals surface area contributed by atoms with Gasteiger partial charge in [0.25, 0.3) is 5.91 Å². The summed E-state index contributed by atoms with van der Waals surface area (Å²) in [4.78, 5) is 24.4. The van der Waals surface area contributed by atoms with Crippen LogP contribution in [0.25, 0.3) is 0 Å². The molecule has 0 spiro atoms. The van der Waals surface area contributed by atoms with Crippen molar-refractivity contribution >= 4 is 27.6 Å². The van der Waals surface area contributed by atoms with Gasteiger partial charge in [0.1, 0.15) is 5.75 Å². The summed E-state index contributed by atoms with van der Waals surface area (Å²) in [6.07, 6.45) is -1.27. The Bertz CT molecular complexity index is 1030. The number of aryl methyl sites for hydroxylation is 2. The first-order valence-electron chi connectivity index (χ1n) is 9.78. The normalized spacial score (nSPS) is 12.3. The fraction of sp³-hybridized carbons (Fsp3) is 0.450. The predicted octanol–water partition coefficient (Wildman–Crippen LogP) is 1.67. The molecular formula is C20H28N4O6S. The molecule has 1 atom stereocenters. The summed E-state index contributed by atoms with van der Waals surface area (Å²) in [5.74, 6) is -0.631. The third-order valence-electron chi connectivity index (χ3n) is 4.50. The van der Waals surface area contributed by atoms with Crippen LogP contribution < -0.4 is 14.8 Å². The van der Waals surface area contributed by atoms with Crippen LogP contribution in [0.2, 0.25) is 0 Å². The molecule has 1 heterocycles. The number of ether oxygens (including phenoxy) is 2. The first-order chi connectivity index (χ1) is 14.5. The Morgan fingerprint density at radius 3 is 2.39 bits per heavy atom. The monoisotopic (exact) mass is 452 g/mol. The van der Waals surface area contributed by atoms with E-state index in [0.717, 1.165) is 5.69 Å². The highest BCUT2D eigenvalue weighted by Gasteiger charge is 2.21. The van der Waals surface area contributed by atoms with Gasteiger partial charge in [0.05, 0.1) is 35.0 Å². The molecule has 10 nitrogen and oxygen atoms in total. The van der Waals surface area contributed by atoms with Crippen molar-refractivity contribution in [3.05, 3.63) is 35.7 Å². The molecule has 170 valence electrons. The number of nitrogens with zero attached hydrogens (tertiary/aromatic N) is 2. The molecule has 31 heavy (non-hydrogen) atoms. The Balaban J connectivity index is 1.83. The molecule has 11 heteroatoms. The minimum atomic E-state index is -3.78. The number of esters is 1. The Labute approximate surface area is 182 Å². The lowest BCUT2D eigenvalue weighted by atomic mass is 10.3. The molecule has 0 saturated heterocycles. The van der Waals surface area contributed by atoms with Crippen LogP contribution in [-0.4, -0.2) is 49.3 Å². The van der Waals surface area contributed by atoms with Gasteiger partial charge < -0.3 is 14.8 Å². The van der Waals surface area contributed by atoms with E-state index in [4.69, 9.17) is 9.47 Å². The van der Waals surface area contributed by atoms with E-state index in [0.29, 0.717) is 23.7 Å². The molecule has 2 N–H and O–H groups in total. The van der Waals surface area contributed by atoms with E-state index < -0.39 is 28.0 Å². The highest BCUT2D eigenvalue weighted by atomic mass is 32.2. The molecule has 1 aromatic heterocycles. The van der Waals surface area contributed by atoms with Crippen LogP contribution in [-0.2, 0) is 31.4 Å². The fourth-order valence-corrected chi connectivity index (χ4v) is 3.77. The number of benzene rings is 1. The summed E-state index contributed by atoms with van der Waals surface area (Å²) in [5.41, 5.74) is 1.99. The molecule has 1 unspecified atom stereocenters. The highest BCUT2D eigenvalue weighted by molar-refractivity contribution is 7.89. The molecule has 0 aliphatic heterocycles. The van der Waals surface area contributed by atoms with E-state index in [2.05, 4.69) is 15.1 Å². The van der Waals surface area contributed by atoms with Crippen LogP contribution in [0, 0.1) is 13.8 Å². The zero-order chi connectivity index (χ0) is 23.2. The van der Waals surface area contributed by atoms with E-state index in [1.54, 1.807) is 30.8 Å². The van der Waals surface area contributed by atoms with Crippen LogP contribution >= 0.6 is 0 Å². The topological polar surface area (TPSA) is 129 Å². The second kappa shape index (κ2) is 10.4. The van der Waals surface area contributed by atoms with Crippen molar-refractivity contribution in [3.63, 3.8) is 0 Å². The van der Waals surface area contributed by atoms with Crippen molar-refractivity contribution in [1.82, 2.24) is 14.5 Å². The summed E-state index contributed by atoms with van der Waals surface area (Å²) in [6, 6.07) is 5.94. The number of hydrogen-bond acceptors (Lipinski definition) is 7. The highest BCUT2D eigenvalue weighted by Crippen LogP contribution is 2.19. The number of anilines is 1. The van der Waals surface area contributed by atoms with E-state index >= 15 is 0 Å². The zero-order valence-corrected chi connectivity index (χ0v) is 19.1. The summed E-state index contributed by atoms with van der Waals surface area (Å²) in [7, 11) is -2.02. The Kier molecular flexibility index (Phi) is 8.17. The molecule has 1 amide bonds. The quantitative estimate of drug-likeness (QED) is 0.525. The van der Waals surface area contributed by atoms with Gasteiger partial charge in [-0.05, 0) is 52.0 Å². The molecule has 0 aliphatic carbocycles. The first kappa shape index (κ1) is 24.4. The lowest BCUT2D eigenvalue weighted by Gasteiger charge is -2.14. The maximum atomic E-state index is 12.3. The van der Waals surface area contributed by atoms with Gasteiger partial charge in [-0.2, -0.15) is 5.10 Å². The molecule has 0 aliphatic rings. The van der Waals surface area contributed by atoms with Crippen LogP contribution in [0.3, 0.4) is 0 Å². The molecule has 0 radical (unpaired) electrons. The molecule has 0 fully saturated rings. The molecule has 1 aromatic carbocycles. The average Bonchev–Trinajstić information content (AvgIpc) is 2.94. The summed E-state index contributed by atoms with van der Waals surface area (Å²) in [6.45, 7) is 7.15. The van der Waals surface area contributed by atoms with Gasteiger partial charge in [0.15, 0.2) is 6.10 Å². The minimum Gasteiger partial charge on any atom is -0.494 e. The third kappa shape index (κ3) is 6.53. The van der Waals surface area contributed by atoms with Gasteiger partial charge in [0, 0.05) is 13.6 Å². The molecule has 2 aromatic rings. The number of amides is 1. The van der Waals surface area contributed by atoms with Crippen molar-refractivity contribution in [2.75, 3.05) is 18.5 Å². The Morgan fingerprint density at radius 1 is 1.19 bits per heavy atom. The average molecular weight is 453 g/mol. The largest absolute Gasteiger partial charge is 0.494 e. The van der Waals surface area contributed by atoms with Crippen molar-refractivity contribution in [3.8, 4) is 5.75 Å². The number of rotatable bonds is 10. The summed E-state index contributed by atoms with van der Waals surface area (Å²) in [5, 5.41) is 6.91. The van der Waals surface area contributed by atoms with Gasteiger partial charge in [-0.3, -0.25) is 14.3 Å². The second-order valence-electron chi connectivity index (χ2n) is 6.84. The number of carbonyl (C=O) groups excluding carboxylic acids is 2. The van der Waals surface area contributed by atoms with Crippen molar-refractivity contribution in [2.24, 2.45) is 7.05 Å². The first-order valence-corrected chi connectivity index (χ1v) is 11.3. The third-order valence-corrected chi connectivity index (χ3v) is 5.98. The number of sulfonamides is 1. The SMILES string of the molecule is CCOc1ccc(S(=O)(=O)NCCC(=O)OC(C)C(=O)Nc2c(C)nn(C)c2C)cc1. The molecule has 0 bridgehead atoms. The van der Waals surface area contributed by atoms with Crippen LogP contribution in [0.4, 0.5) is 5.69 Å². The van der Waals surface area contributed by atoms with Crippen LogP contribution in [0.15, 0.2) is 29.2 Å². The van der Waals surface area contributed by atoms with Gasteiger partial charge in [-0.15, -0.1) is 0 Å². The molecule has 2 rings (SSSR count). The second-order valence-corrected chi connectivity index (χ2v) is 8.61. The molecule has 0 saturated carbocycles. The number of nitrogens with one attached hydrogen (secondary N) is 2. The number of aromatic nitrogens is 2. The maximum absolute atomic E-state index is 12.3. The van der Waals surface area contributed by atoms with Crippen molar-refractivity contribution in [2.45, 2.75) is 45.1 Å². The smallest absolute Gasteiger partial charge is 0.307 e. The molecular weight excluding hydrogens is 424 g/mol.